The van der Waals surface area contributed by atoms with Crippen LogP contribution in [0.25, 0.3) is 0 Å². The Morgan fingerprint density at radius 3 is 2.42 bits per heavy atom. The van der Waals surface area contributed by atoms with Crippen molar-refractivity contribution < 1.29 is 18.7 Å². The lowest BCUT2D eigenvalue weighted by Gasteiger charge is -2.07. The molecule has 0 N–H and O–H groups in total. The van der Waals surface area contributed by atoms with Gasteiger partial charge in [-0.1, -0.05) is 0 Å². The lowest BCUT2D eigenvalue weighted by molar-refractivity contribution is -0.145. The second-order valence-corrected chi connectivity index (χ2v) is 2.57. The highest BCUT2D eigenvalue weighted by Crippen LogP contribution is 2.06. The van der Waals surface area contributed by atoms with Gasteiger partial charge in [-0.15, -0.1) is 11.6 Å². The average Bonchev–Trinajstić information content (AvgIpc) is 2.02. The van der Waals surface area contributed by atoms with Crippen LogP contribution in [0.3, 0.4) is 0 Å². The van der Waals surface area contributed by atoms with Gasteiger partial charge in [0.05, 0.1) is 6.61 Å². The third-order valence-corrected chi connectivity index (χ3v) is 1.53. The Bertz CT molecular complexity index is 181. The van der Waals surface area contributed by atoms with Crippen LogP contribution in [0.2, 0.25) is 0 Å². The monoisotopic (exact) mass is 196 g/mol. The highest BCUT2D eigenvalue weighted by Gasteiger charge is 2.29. The minimum Gasteiger partial charge on any atom is -0.465 e. The van der Waals surface area contributed by atoms with Gasteiger partial charge in [-0.25, -0.2) is 9.18 Å². The molecule has 0 bridgehead atoms. The molecule has 3 nitrogen and oxygen atoms in total. The van der Waals surface area contributed by atoms with E-state index in [1.807, 2.05) is 0 Å². The van der Waals surface area contributed by atoms with E-state index in [1.54, 1.807) is 6.92 Å². The topological polar surface area (TPSA) is 43.4 Å². The van der Waals surface area contributed by atoms with Crippen LogP contribution in [0.4, 0.5) is 4.39 Å². The molecule has 0 aliphatic heterocycles. The summed E-state index contributed by atoms with van der Waals surface area (Å²) in [4.78, 5) is 21.5. The van der Waals surface area contributed by atoms with Gasteiger partial charge in [0.15, 0.2) is 17.3 Å². The van der Waals surface area contributed by atoms with E-state index >= 15 is 0 Å². The van der Waals surface area contributed by atoms with Crippen LogP contribution in [0.5, 0.6) is 0 Å². The van der Waals surface area contributed by atoms with Crippen molar-refractivity contribution in [3.05, 3.63) is 0 Å². The minimum absolute atomic E-state index is 0.121. The van der Waals surface area contributed by atoms with Gasteiger partial charge in [0.1, 0.15) is 0 Å². The summed E-state index contributed by atoms with van der Waals surface area (Å²) in [6.07, 6.45) is -1.74. The molecule has 0 radical (unpaired) electrons. The third-order valence-electron chi connectivity index (χ3n) is 1.14. The molecule has 0 fully saturated rings. The molecular formula is C7H10ClFO3. The third kappa shape index (κ3) is 3.17. The Kier molecular flexibility index (Phi) is 4.81. The van der Waals surface area contributed by atoms with E-state index in [2.05, 4.69) is 4.74 Å². The van der Waals surface area contributed by atoms with Gasteiger partial charge in [-0.2, -0.15) is 0 Å². The maximum absolute atomic E-state index is 12.3. The van der Waals surface area contributed by atoms with Crippen LogP contribution in [-0.2, 0) is 14.3 Å². The van der Waals surface area contributed by atoms with Crippen molar-refractivity contribution in [3.63, 3.8) is 0 Å². The average molecular weight is 197 g/mol. The minimum atomic E-state index is -1.74. The molecule has 0 saturated heterocycles. The molecule has 2 atom stereocenters. The van der Waals surface area contributed by atoms with Gasteiger partial charge in [-0.05, 0) is 13.8 Å². The molecule has 12 heavy (non-hydrogen) atoms. The first-order valence-electron chi connectivity index (χ1n) is 3.49. The van der Waals surface area contributed by atoms with Crippen LogP contribution in [0, 0.1) is 0 Å². The van der Waals surface area contributed by atoms with Crippen molar-refractivity contribution in [2.45, 2.75) is 25.4 Å². The van der Waals surface area contributed by atoms with E-state index in [-0.39, 0.29) is 6.61 Å². The number of hydrogen-bond acceptors (Lipinski definition) is 3. The first-order chi connectivity index (χ1) is 5.50. The van der Waals surface area contributed by atoms with Crippen LogP contribution in [-0.4, -0.2) is 29.9 Å². The van der Waals surface area contributed by atoms with E-state index < -0.39 is 23.3 Å². The van der Waals surface area contributed by atoms with Crippen molar-refractivity contribution in [1.82, 2.24) is 0 Å². The molecule has 0 aromatic heterocycles. The summed E-state index contributed by atoms with van der Waals surface area (Å²) >= 11 is 5.29. The fourth-order valence-electron chi connectivity index (χ4n) is 0.533. The fourth-order valence-corrected chi connectivity index (χ4v) is 0.770. The quantitative estimate of drug-likeness (QED) is 0.384. The Morgan fingerprint density at radius 2 is 2.08 bits per heavy atom. The van der Waals surface area contributed by atoms with Crippen LogP contribution < -0.4 is 0 Å². The highest BCUT2D eigenvalue weighted by molar-refractivity contribution is 6.41. The summed E-state index contributed by atoms with van der Waals surface area (Å²) < 4.78 is 16.7. The van der Waals surface area contributed by atoms with Gasteiger partial charge in [0, 0.05) is 0 Å². The maximum Gasteiger partial charge on any atom is 0.331 e. The first kappa shape index (κ1) is 11.4. The summed E-state index contributed by atoms with van der Waals surface area (Å²) in [6.45, 7) is 2.72. The van der Waals surface area contributed by atoms with Crippen molar-refractivity contribution in [2.24, 2.45) is 0 Å². The summed E-state index contributed by atoms with van der Waals surface area (Å²) in [5.74, 6) is -1.86. The number of halogens is 2. The number of Topliss-reactive ketones (excluding diaryl/α,β-unsaturated/α-hetero) is 1. The van der Waals surface area contributed by atoms with Crippen molar-refractivity contribution in [3.8, 4) is 0 Å². The molecule has 0 aliphatic carbocycles. The zero-order chi connectivity index (χ0) is 9.72. The Morgan fingerprint density at radius 1 is 1.58 bits per heavy atom. The highest BCUT2D eigenvalue weighted by atomic mass is 35.5. The number of ketones is 1. The summed E-state index contributed by atoms with van der Waals surface area (Å²) in [5.41, 5.74) is 0. The Balaban J connectivity index is 4.10. The zero-order valence-corrected chi connectivity index (χ0v) is 7.60. The molecule has 0 heterocycles. The largest absolute Gasteiger partial charge is 0.465 e. The van der Waals surface area contributed by atoms with Crippen LogP contribution in [0.1, 0.15) is 13.8 Å². The number of carbonyl (C=O) groups excluding carboxylic acids is 2. The second-order valence-electron chi connectivity index (χ2n) is 2.13. The van der Waals surface area contributed by atoms with Crippen LogP contribution in [0.15, 0.2) is 0 Å². The van der Waals surface area contributed by atoms with Gasteiger partial charge in [-0.3, -0.25) is 4.79 Å². The normalized spacial score (nSPS) is 15.0. The van der Waals surface area contributed by atoms with Crippen LogP contribution >= 0.6 is 11.6 Å². The van der Waals surface area contributed by atoms with Gasteiger partial charge in [0.2, 0.25) is 0 Å². The van der Waals surface area contributed by atoms with Crippen molar-refractivity contribution in [1.29, 1.82) is 0 Å². The SMILES string of the molecule is CCOC(=O)C(Cl)C(=O)C(C)F. The molecule has 0 aromatic rings. The standard InChI is InChI=1S/C7H10ClFO3/c1-3-12-7(11)5(8)6(10)4(2)9/h4-5H,3H2,1-2H3. The summed E-state index contributed by atoms with van der Waals surface area (Å²) in [6, 6.07) is 0. The van der Waals surface area contributed by atoms with E-state index in [4.69, 9.17) is 11.6 Å². The second kappa shape index (κ2) is 5.09. The fraction of sp³-hybridized carbons (Fsp3) is 0.714. The van der Waals surface area contributed by atoms with E-state index in [0.29, 0.717) is 0 Å². The van der Waals surface area contributed by atoms with Gasteiger partial charge >= 0.3 is 5.97 Å². The lowest BCUT2D eigenvalue weighted by Crippen LogP contribution is -2.31. The smallest absolute Gasteiger partial charge is 0.331 e. The summed E-state index contributed by atoms with van der Waals surface area (Å²) in [5, 5.41) is -1.52. The Hall–Kier alpha value is -0.640. The summed E-state index contributed by atoms with van der Waals surface area (Å²) in [7, 11) is 0. The molecule has 70 valence electrons. The zero-order valence-electron chi connectivity index (χ0n) is 6.84. The first-order valence-corrected chi connectivity index (χ1v) is 3.92. The van der Waals surface area contributed by atoms with Gasteiger partial charge in [0.25, 0.3) is 0 Å². The molecule has 0 rings (SSSR count). The number of alkyl halides is 2. The van der Waals surface area contributed by atoms with Gasteiger partial charge < -0.3 is 4.74 Å². The number of ether oxygens (including phenoxy) is 1. The van der Waals surface area contributed by atoms with Crippen molar-refractivity contribution in [2.75, 3.05) is 6.61 Å². The number of hydrogen-bond donors (Lipinski definition) is 0. The number of rotatable bonds is 4. The molecular weight excluding hydrogens is 187 g/mol. The molecule has 2 unspecified atom stereocenters. The van der Waals surface area contributed by atoms with E-state index in [9.17, 15) is 14.0 Å². The maximum atomic E-state index is 12.3. The van der Waals surface area contributed by atoms with E-state index in [1.165, 1.54) is 0 Å². The predicted octanol–water partition coefficient (Wildman–Crippen LogP) is 1.08. The van der Waals surface area contributed by atoms with E-state index in [0.717, 1.165) is 6.92 Å². The molecule has 0 spiro atoms. The Labute approximate surface area is 74.8 Å². The molecule has 0 aromatic carbocycles. The number of carbonyl (C=O) groups is 2. The van der Waals surface area contributed by atoms with Crippen molar-refractivity contribution >= 4 is 23.4 Å². The molecule has 0 saturated carbocycles. The molecule has 0 amide bonds. The molecule has 0 aliphatic rings. The molecule has 5 heteroatoms. The number of esters is 1. The lowest BCUT2D eigenvalue weighted by atomic mass is 10.2. The predicted molar refractivity (Wildman–Crippen MR) is 41.9 cm³/mol.